The lowest BCUT2D eigenvalue weighted by Gasteiger charge is -2.12. The van der Waals surface area contributed by atoms with Crippen LogP contribution in [0.1, 0.15) is 11.5 Å². The number of aromatic nitrogens is 2. The third kappa shape index (κ3) is 4.29. The molecule has 5 heteroatoms. The SMILES string of the molecule is N#Cc1nc(C#N)c2oc3cccc(-c4cccc(-c5cc(-c6ccccc6)cc(-c6ccccc6)c5)c4)c3c2n1. The summed E-state index contributed by atoms with van der Waals surface area (Å²) >= 11 is 0. The number of nitrogens with zero attached hydrogens (tertiary/aromatic N) is 4. The topological polar surface area (TPSA) is 86.5 Å². The Kier molecular flexibility index (Phi) is 5.82. The first-order chi connectivity index (χ1) is 20.2. The van der Waals surface area contributed by atoms with Crippen molar-refractivity contribution in [2.45, 2.75) is 0 Å². The lowest BCUT2D eigenvalue weighted by atomic mass is 9.91. The van der Waals surface area contributed by atoms with Crippen molar-refractivity contribution in [1.82, 2.24) is 9.97 Å². The number of benzene rings is 5. The minimum Gasteiger partial charge on any atom is -0.451 e. The lowest BCUT2D eigenvalue weighted by Crippen LogP contribution is -1.93. The number of rotatable bonds is 4. The Hall–Kier alpha value is -6.04. The third-order valence-electron chi connectivity index (χ3n) is 7.20. The first-order valence-electron chi connectivity index (χ1n) is 13.1. The van der Waals surface area contributed by atoms with Gasteiger partial charge < -0.3 is 4.42 Å². The standard InChI is InChI=1S/C36H20N4O/c37-21-31-36-35(40-33(22-38)39-31)34-30(15-8-16-32(34)41-36)26-14-7-13-25(17-26)29-19-27(23-9-3-1-4-10-23)18-28(20-29)24-11-5-2-6-12-24/h1-20H. The molecule has 0 aliphatic heterocycles. The maximum Gasteiger partial charge on any atom is 0.234 e. The van der Waals surface area contributed by atoms with Gasteiger partial charge >= 0.3 is 0 Å². The highest BCUT2D eigenvalue weighted by Gasteiger charge is 2.19. The first-order valence-corrected chi connectivity index (χ1v) is 13.1. The molecule has 0 aliphatic rings. The molecule has 0 fully saturated rings. The molecule has 2 aromatic heterocycles. The zero-order valence-corrected chi connectivity index (χ0v) is 21.7. The van der Waals surface area contributed by atoms with Gasteiger partial charge in [0.25, 0.3) is 0 Å². The first kappa shape index (κ1) is 24.0. The molecule has 7 aromatic rings. The van der Waals surface area contributed by atoms with E-state index in [0.29, 0.717) is 11.1 Å². The van der Waals surface area contributed by atoms with E-state index in [2.05, 4.69) is 88.8 Å². The van der Waals surface area contributed by atoms with Crippen molar-refractivity contribution < 1.29 is 4.42 Å². The molecule has 0 saturated heterocycles. The highest BCUT2D eigenvalue weighted by atomic mass is 16.3. The van der Waals surface area contributed by atoms with Gasteiger partial charge in [-0.2, -0.15) is 10.5 Å². The lowest BCUT2D eigenvalue weighted by molar-refractivity contribution is 0.663. The summed E-state index contributed by atoms with van der Waals surface area (Å²) in [5, 5.41) is 19.8. The monoisotopic (exact) mass is 524 g/mol. The Labute approximate surface area is 236 Å². The van der Waals surface area contributed by atoms with Crippen molar-refractivity contribution in [3.63, 3.8) is 0 Å². The quantitative estimate of drug-likeness (QED) is 0.230. The number of hydrogen-bond acceptors (Lipinski definition) is 5. The van der Waals surface area contributed by atoms with Crippen molar-refractivity contribution in [3.8, 4) is 56.6 Å². The van der Waals surface area contributed by atoms with Gasteiger partial charge in [0.05, 0.1) is 5.39 Å². The minimum absolute atomic E-state index is 0.0496. The summed E-state index contributed by atoms with van der Waals surface area (Å²) in [5.74, 6) is -0.0635. The van der Waals surface area contributed by atoms with E-state index in [-0.39, 0.29) is 17.1 Å². The molecule has 7 rings (SSSR count). The van der Waals surface area contributed by atoms with Crippen LogP contribution in [0.25, 0.3) is 66.6 Å². The van der Waals surface area contributed by atoms with Gasteiger partial charge in [0.15, 0.2) is 11.3 Å². The summed E-state index contributed by atoms with van der Waals surface area (Å²) < 4.78 is 6.02. The average molecular weight is 525 g/mol. The van der Waals surface area contributed by atoms with Crippen LogP contribution in [0, 0.1) is 22.7 Å². The second kappa shape index (κ2) is 9.93. The maximum atomic E-state index is 9.63. The summed E-state index contributed by atoms with van der Waals surface area (Å²) in [6.45, 7) is 0. The Morgan fingerprint density at radius 3 is 1.71 bits per heavy atom. The fourth-order valence-corrected chi connectivity index (χ4v) is 5.31. The van der Waals surface area contributed by atoms with Gasteiger partial charge in [-0.3, -0.25) is 0 Å². The smallest absolute Gasteiger partial charge is 0.234 e. The molecule has 0 spiro atoms. The highest BCUT2D eigenvalue weighted by molar-refractivity contribution is 6.11. The van der Waals surface area contributed by atoms with E-state index in [0.717, 1.165) is 49.9 Å². The fraction of sp³-hybridized carbons (Fsp3) is 0. The van der Waals surface area contributed by atoms with Gasteiger partial charge in [0.2, 0.25) is 5.82 Å². The van der Waals surface area contributed by atoms with Crippen molar-refractivity contribution in [2.24, 2.45) is 0 Å². The molecule has 0 N–H and O–H groups in total. The zero-order chi connectivity index (χ0) is 27.8. The predicted octanol–water partition coefficient (Wildman–Crippen LogP) is 8.79. The van der Waals surface area contributed by atoms with Gasteiger partial charge in [0.1, 0.15) is 23.2 Å². The van der Waals surface area contributed by atoms with Gasteiger partial charge in [-0.15, -0.1) is 0 Å². The molecule has 41 heavy (non-hydrogen) atoms. The summed E-state index contributed by atoms with van der Waals surface area (Å²) in [5.41, 5.74) is 9.99. The van der Waals surface area contributed by atoms with Crippen molar-refractivity contribution in [1.29, 1.82) is 10.5 Å². The van der Waals surface area contributed by atoms with E-state index >= 15 is 0 Å². The summed E-state index contributed by atoms with van der Waals surface area (Å²) in [6, 6.07) is 45.6. The Bertz CT molecular complexity index is 2110. The Balaban J connectivity index is 1.43. The molecule has 190 valence electrons. The second-order valence-corrected chi connectivity index (χ2v) is 9.69. The van der Waals surface area contributed by atoms with Gasteiger partial charge in [-0.1, -0.05) is 91.0 Å². The average Bonchev–Trinajstić information content (AvgIpc) is 3.44. The minimum atomic E-state index is -0.0635. The number of nitriles is 2. The largest absolute Gasteiger partial charge is 0.451 e. The van der Waals surface area contributed by atoms with Crippen LogP contribution in [0.15, 0.2) is 126 Å². The molecule has 0 bridgehead atoms. The molecule has 0 atom stereocenters. The highest BCUT2D eigenvalue weighted by Crippen LogP contribution is 2.39. The number of furan rings is 1. The van der Waals surface area contributed by atoms with Crippen molar-refractivity contribution >= 4 is 22.1 Å². The summed E-state index contributed by atoms with van der Waals surface area (Å²) in [4.78, 5) is 8.46. The van der Waals surface area contributed by atoms with Gasteiger partial charge in [0, 0.05) is 0 Å². The van der Waals surface area contributed by atoms with Crippen LogP contribution >= 0.6 is 0 Å². The van der Waals surface area contributed by atoms with E-state index < -0.39 is 0 Å². The maximum absolute atomic E-state index is 9.63. The molecule has 5 aromatic carbocycles. The molecule has 0 radical (unpaired) electrons. The summed E-state index contributed by atoms with van der Waals surface area (Å²) in [6.07, 6.45) is 0. The predicted molar refractivity (Wildman–Crippen MR) is 160 cm³/mol. The second-order valence-electron chi connectivity index (χ2n) is 9.69. The van der Waals surface area contributed by atoms with E-state index in [1.165, 1.54) is 0 Å². The van der Waals surface area contributed by atoms with Crippen molar-refractivity contribution in [2.75, 3.05) is 0 Å². The third-order valence-corrected chi connectivity index (χ3v) is 7.20. The van der Waals surface area contributed by atoms with Crippen LogP contribution in [-0.4, -0.2) is 9.97 Å². The fourth-order valence-electron chi connectivity index (χ4n) is 5.31. The van der Waals surface area contributed by atoms with Crippen LogP contribution in [0.5, 0.6) is 0 Å². The molecule has 0 unspecified atom stereocenters. The summed E-state index contributed by atoms with van der Waals surface area (Å²) in [7, 11) is 0. The van der Waals surface area contributed by atoms with Crippen LogP contribution in [0.4, 0.5) is 0 Å². The molecule has 5 nitrogen and oxygen atoms in total. The number of hydrogen-bond donors (Lipinski definition) is 0. The van der Waals surface area contributed by atoms with Crippen LogP contribution < -0.4 is 0 Å². The number of fused-ring (bicyclic) bond motifs is 3. The van der Waals surface area contributed by atoms with E-state index in [9.17, 15) is 10.5 Å². The van der Waals surface area contributed by atoms with E-state index in [4.69, 9.17) is 4.42 Å². The van der Waals surface area contributed by atoms with Crippen LogP contribution in [0.3, 0.4) is 0 Å². The van der Waals surface area contributed by atoms with Gasteiger partial charge in [-0.25, -0.2) is 9.97 Å². The zero-order valence-electron chi connectivity index (χ0n) is 21.7. The Morgan fingerprint density at radius 2 is 1.07 bits per heavy atom. The van der Waals surface area contributed by atoms with Crippen LogP contribution in [-0.2, 0) is 0 Å². The van der Waals surface area contributed by atoms with E-state index in [1.54, 1.807) is 0 Å². The van der Waals surface area contributed by atoms with Gasteiger partial charge in [-0.05, 0) is 74.8 Å². The molecule has 2 heterocycles. The molecule has 0 aliphatic carbocycles. The molecule has 0 saturated carbocycles. The van der Waals surface area contributed by atoms with Crippen LogP contribution in [0.2, 0.25) is 0 Å². The molecule has 0 amide bonds. The Morgan fingerprint density at radius 1 is 0.512 bits per heavy atom. The molecular formula is C36H20N4O. The van der Waals surface area contributed by atoms with Crippen molar-refractivity contribution in [3.05, 3.63) is 133 Å². The molecular weight excluding hydrogens is 504 g/mol. The normalized spacial score (nSPS) is 10.9. The van der Waals surface area contributed by atoms with E-state index in [1.807, 2.05) is 54.6 Å².